The third kappa shape index (κ3) is 4.12. The van der Waals surface area contributed by atoms with Crippen molar-refractivity contribution < 1.29 is 9.53 Å². The van der Waals surface area contributed by atoms with Crippen molar-refractivity contribution in [3.8, 4) is 5.75 Å². The number of hydrogen-bond acceptors (Lipinski definition) is 3. The molecule has 0 fully saturated rings. The number of rotatable bonds is 6. The summed E-state index contributed by atoms with van der Waals surface area (Å²) in [6.07, 6.45) is -0.639. The van der Waals surface area contributed by atoms with Crippen molar-refractivity contribution in [3.05, 3.63) is 29.3 Å². The molecule has 1 rings (SSSR count). The second kappa shape index (κ2) is 6.95. The van der Waals surface area contributed by atoms with Crippen LogP contribution in [-0.2, 0) is 4.79 Å². The van der Waals surface area contributed by atoms with Gasteiger partial charge in [-0.25, -0.2) is 0 Å². The van der Waals surface area contributed by atoms with Crippen LogP contribution < -0.4 is 15.8 Å². The topological polar surface area (TPSA) is 64.3 Å². The maximum Gasteiger partial charge on any atom is 0.261 e. The summed E-state index contributed by atoms with van der Waals surface area (Å²) in [5, 5.41) is 3.43. The van der Waals surface area contributed by atoms with Gasteiger partial charge < -0.3 is 15.8 Å². The summed E-state index contributed by atoms with van der Waals surface area (Å²) in [6, 6.07) is 7.07. The molecule has 4 nitrogen and oxygen atoms in total. The van der Waals surface area contributed by atoms with Gasteiger partial charge in [0.2, 0.25) is 0 Å². The summed E-state index contributed by atoms with van der Waals surface area (Å²) < 4.78 is 5.59. The Kier molecular flexibility index (Phi) is 5.84. The molecule has 0 aliphatic rings. The quantitative estimate of drug-likeness (QED) is 0.848. The fraction of sp³-hybridized carbons (Fsp3) is 0.533. The van der Waals surface area contributed by atoms with E-state index in [0.29, 0.717) is 17.3 Å². The van der Waals surface area contributed by atoms with Gasteiger partial charge in [0.05, 0.1) is 10.6 Å². The van der Waals surface area contributed by atoms with Crippen LogP contribution in [0.1, 0.15) is 27.7 Å². The van der Waals surface area contributed by atoms with Crippen molar-refractivity contribution in [2.24, 2.45) is 11.7 Å². The molecule has 20 heavy (non-hydrogen) atoms. The number of ether oxygens (including phenoxy) is 1. The van der Waals surface area contributed by atoms with E-state index in [9.17, 15) is 4.79 Å². The number of amides is 1. The lowest BCUT2D eigenvalue weighted by atomic mass is 9.88. The molecule has 0 bridgehead atoms. The first-order chi connectivity index (χ1) is 9.30. The van der Waals surface area contributed by atoms with Crippen LogP contribution in [-0.4, -0.2) is 24.1 Å². The third-order valence-electron chi connectivity index (χ3n) is 3.62. The Hall–Kier alpha value is -1.26. The first-order valence-corrected chi connectivity index (χ1v) is 7.11. The fourth-order valence-corrected chi connectivity index (χ4v) is 1.78. The summed E-state index contributed by atoms with van der Waals surface area (Å²) in [6.45, 7) is 8.03. The van der Waals surface area contributed by atoms with Crippen molar-refractivity contribution in [2.45, 2.75) is 39.3 Å². The standard InChI is InChI=1S/C15H23ClN2O2/c1-10(2)15(4,9-17)18-14(19)11(3)20-13-8-6-5-7-12(13)16/h5-8,10-11H,9,17H2,1-4H3,(H,18,19). The second-order valence-corrected chi connectivity index (χ2v) is 5.86. The molecular weight excluding hydrogens is 276 g/mol. The number of carbonyl (C=O) groups is 1. The fourth-order valence-electron chi connectivity index (χ4n) is 1.60. The number of halogens is 1. The number of benzene rings is 1. The molecule has 2 atom stereocenters. The number of nitrogens with one attached hydrogen (secondary N) is 1. The molecule has 0 aromatic heterocycles. The molecule has 0 spiro atoms. The van der Waals surface area contributed by atoms with Crippen molar-refractivity contribution in [3.63, 3.8) is 0 Å². The highest BCUT2D eigenvalue weighted by atomic mass is 35.5. The van der Waals surface area contributed by atoms with Crippen LogP contribution in [0.3, 0.4) is 0 Å². The van der Waals surface area contributed by atoms with E-state index in [-0.39, 0.29) is 11.8 Å². The summed E-state index contributed by atoms with van der Waals surface area (Å²) in [4.78, 5) is 12.2. The lowest BCUT2D eigenvalue weighted by Gasteiger charge is -2.34. The zero-order valence-corrected chi connectivity index (χ0v) is 13.2. The molecule has 112 valence electrons. The molecule has 0 aliphatic carbocycles. The molecule has 2 unspecified atom stereocenters. The lowest BCUT2D eigenvalue weighted by Crippen LogP contribution is -2.57. The van der Waals surface area contributed by atoms with E-state index < -0.39 is 11.6 Å². The van der Waals surface area contributed by atoms with Crippen LogP contribution in [0.4, 0.5) is 0 Å². The van der Waals surface area contributed by atoms with E-state index in [2.05, 4.69) is 5.32 Å². The van der Waals surface area contributed by atoms with Gasteiger partial charge in [-0.1, -0.05) is 37.6 Å². The van der Waals surface area contributed by atoms with Gasteiger partial charge in [-0.3, -0.25) is 4.79 Å². The van der Waals surface area contributed by atoms with Crippen molar-refractivity contribution in [1.29, 1.82) is 0 Å². The maximum atomic E-state index is 12.2. The Morgan fingerprint density at radius 2 is 2.00 bits per heavy atom. The lowest BCUT2D eigenvalue weighted by molar-refractivity contribution is -0.129. The zero-order chi connectivity index (χ0) is 15.3. The Bertz CT molecular complexity index is 465. The van der Waals surface area contributed by atoms with Crippen LogP contribution in [0.15, 0.2) is 24.3 Å². The Labute approximate surface area is 125 Å². The highest BCUT2D eigenvalue weighted by molar-refractivity contribution is 6.32. The third-order valence-corrected chi connectivity index (χ3v) is 3.93. The predicted molar refractivity (Wildman–Crippen MR) is 82.0 cm³/mol. The molecule has 0 heterocycles. The average molecular weight is 299 g/mol. The van der Waals surface area contributed by atoms with E-state index in [4.69, 9.17) is 22.1 Å². The number of nitrogens with two attached hydrogens (primary N) is 1. The first-order valence-electron chi connectivity index (χ1n) is 6.73. The molecule has 1 amide bonds. The summed E-state index contributed by atoms with van der Waals surface area (Å²) in [5.74, 6) is 0.520. The SMILES string of the molecule is CC(Oc1ccccc1Cl)C(=O)NC(C)(CN)C(C)C. The molecular formula is C15H23ClN2O2. The summed E-state index contributed by atoms with van der Waals surface area (Å²) >= 11 is 6.01. The van der Waals surface area contributed by atoms with Gasteiger partial charge in [-0.2, -0.15) is 0 Å². The molecule has 0 aliphatic heterocycles. The highest BCUT2D eigenvalue weighted by Gasteiger charge is 2.30. The Morgan fingerprint density at radius 3 is 2.50 bits per heavy atom. The minimum absolute atomic E-state index is 0.202. The van der Waals surface area contributed by atoms with Crippen LogP contribution >= 0.6 is 11.6 Å². The molecule has 0 radical (unpaired) electrons. The maximum absolute atomic E-state index is 12.2. The molecule has 0 saturated carbocycles. The van der Waals surface area contributed by atoms with Crippen molar-refractivity contribution in [1.82, 2.24) is 5.32 Å². The number of para-hydroxylation sites is 1. The number of carbonyl (C=O) groups excluding carboxylic acids is 1. The summed E-state index contributed by atoms with van der Waals surface area (Å²) in [7, 11) is 0. The molecule has 1 aromatic carbocycles. The molecule has 3 N–H and O–H groups in total. The highest BCUT2D eigenvalue weighted by Crippen LogP contribution is 2.24. The van der Waals surface area contributed by atoms with Gasteiger partial charge in [0.15, 0.2) is 6.10 Å². The largest absolute Gasteiger partial charge is 0.479 e. The van der Waals surface area contributed by atoms with Crippen LogP contribution in [0.25, 0.3) is 0 Å². The Morgan fingerprint density at radius 1 is 1.40 bits per heavy atom. The van der Waals surface area contributed by atoms with E-state index in [1.165, 1.54) is 0 Å². The van der Waals surface area contributed by atoms with E-state index in [1.54, 1.807) is 19.1 Å². The minimum Gasteiger partial charge on any atom is -0.479 e. The van der Waals surface area contributed by atoms with Crippen LogP contribution in [0.2, 0.25) is 5.02 Å². The van der Waals surface area contributed by atoms with Crippen LogP contribution in [0, 0.1) is 5.92 Å². The average Bonchev–Trinajstić information content (AvgIpc) is 2.40. The molecule has 5 heteroatoms. The smallest absolute Gasteiger partial charge is 0.261 e. The van der Waals surface area contributed by atoms with Crippen molar-refractivity contribution in [2.75, 3.05) is 6.54 Å². The monoisotopic (exact) mass is 298 g/mol. The Balaban J connectivity index is 2.71. The minimum atomic E-state index is -0.639. The zero-order valence-electron chi connectivity index (χ0n) is 12.4. The van der Waals surface area contributed by atoms with Crippen LogP contribution in [0.5, 0.6) is 5.75 Å². The number of hydrogen-bond donors (Lipinski definition) is 2. The van der Waals surface area contributed by atoms with E-state index >= 15 is 0 Å². The van der Waals surface area contributed by atoms with Gasteiger partial charge >= 0.3 is 0 Å². The van der Waals surface area contributed by atoms with Gasteiger partial charge in [-0.05, 0) is 31.9 Å². The van der Waals surface area contributed by atoms with Gasteiger partial charge in [0, 0.05) is 6.54 Å². The predicted octanol–water partition coefficient (Wildman–Crippen LogP) is 2.60. The van der Waals surface area contributed by atoms with E-state index in [0.717, 1.165) is 0 Å². The second-order valence-electron chi connectivity index (χ2n) is 5.46. The normalized spacial score (nSPS) is 15.6. The van der Waals surface area contributed by atoms with E-state index in [1.807, 2.05) is 32.9 Å². The van der Waals surface area contributed by atoms with Crippen molar-refractivity contribution >= 4 is 17.5 Å². The molecule has 0 saturated heterocycles. The molecule has 1 aromatic rings. The van der Waals surface area contributed by atoms with Gasteiger partial charge in [0.1, 0.15) is 5.75 Å². The van der Waals surface area contributed by atoms with Gasteiger partial charge in [-0.15, -0.1) is 0 Å². The van der Waals surface area contributed by atoms with Gasteiger partial charge in [0.25, 0.3) is 5.91 Å². The summed E-state index contributed by atoms with van der Waals surface area (Å²) in [5.41, 5.74) is 5.31. The first kappa shape index (κ1) is 16.8.